The van der Waals surface area contributed by atoms with Gasteiger partial charge >= 0.3 is 6.03 Å². The highest BCUT2D eigenvalue weighted by atomic mass is 16.2. The topological polar surface area (TPSA) is 78.7 Å². The predicted octanol–water partition coefficient (Wildman–Crippen LogP) is 0.284. The molecule has 2 amide bonds. The van der Waals surface area contributed by atoms with E-state index in [4.69, 9.17) is 0 Å². The molecular formula is C13H19N7O. The van der Waals surface area contributed by atoms with Gasteiger partial charge in [0.25, 0.3) is 0 Å². The average molecular weight is 289 g/mol. The summed E-state index contributed by atoms with van der Waals surface area (Å²) in [7, 11) is 0. The number of anilines is 1. The highest BCUT2D eigenvalue weighted by molar-refractivity contribution is 5.74. The summed E-state index contributed by atoms with van der Waals surface area (Å²) in [6.45, 7) is 7.41. The zero-order chi connectivity index (χ0) is 14.8. The van der Waals surface area contributed by atoms with E-state index in [0.29, 0.717) is 19.6 Å². The molecule has 2 aromatic rings. The van der Waals surface area contributed by atoms with Gasteiger partial charge in [-0.2, -0.15) is 4.52 Å². The van der Waals surface area contributed by atoms with E-state index in [0.717, 1.165) is 30.4 Å². The Kier molecular flexibility index (Phi) is 3.59. The highest BCUT2D eigenvalue weighted by Gasteiger charge is 2.21. The molecule has 0 saturated carbocycles. The minimum atomic E-state index is 0.00946. The molecule has 21 heavy (non-hydrogen) atoms. The minimum Gasteiger partial charge on any atom is -0.352 e. The van der Waals surface area contributed by atoms with Crippen molar-refractivity contribution in [2.75, 3.05) is 37.6 Å². The third-order valence-corrected chi connectivity index (χ3v) is 3.62. The second kappa shape index (κ2) is 5.55. The molecule has 0 aromatic carbocycles. The molecular weight excluding hydrogens is 270 g/mol. The third kappa shape index (κ3) is 2.61. The molecule has 0 bridgehead atoms. The molecule has 1 saturated heterocycles. The Morgan fingerprint density at radius 2 is 2.00 bits per heavy atom. The highest BCUT2D eigenvalue weighted by Crippen LogP contribution is 2.14. The van der Waals surface area contributed by atoms with Gasteiger partial charge in [-0.1, -0.05) is 0 Å². The van der Waals surface area contributed by atoms with Crippen LogP contribution in [0.4, 0.5) is 10.6 Å². The number of carbonyl (C=O) groups excluding carboxylic acids is 1. The van der Waals surface area contributed by atoms with Gasteiger partial charge in [-0.25, -0.2) is 4.79 Å². The van der Waals surface area contributed by atoms with Gasteiger partial charge in [0.05, 0.1) is 0 Å². The molecule has 3 heterocycles. The summed E-state index contributed by atoms with van der Waals surface area (Å²) in [4.78, 5) is 15.8. The molecule has 8 heteroatoms. The molecule has 2 aromatic heterocycles. The Labute approximate surface area is 122 Å². The normalized spacial score (nSPS) is 15.5. The van der Waals surface area contributed by atoms with Crippen LogP contribution in [0.25, 0.3) is 5.65 Å². The van der Waals surface area contributed by atoms with Crippen LogP contribution in [0.2, 0.25) is 0 Å². The SMILES string of the molecule is CCNC(=O)N1CCN(c2ccc3nnc(C)n3n2)CC1. The number of urea groups is 1. The zero-order valence-electron chi connectivity index (χ0n) is 12.3. The standard InChI is InChI=1S/C13H19N7O/c1-3-14-13(21)19-8-6-18(7-9-19)12-5-4-11-16-15-10(2)20(11)17-12/h4-5H,3,6-9H2,1-2H3,(H,14,21). The molecule has 0 radical (unpaired) electrons. The Balaban J connectivity index is 1.70. The number of carbonyl (C=O) groups is 1. The van der Waals surface area contributed by atoms with Crippen molar-refractivity contribution in [3.8, 4) is 0 Å². The first-order valence-corrected chi connectivity index (χ1v) is 7.16. The van der Waals surface area contributed by atoms with Crippen molar-refractivity contribution in [1.29, 1.82) is 0 Å². The van der Waals surface area contributed by atoms with Crippen LogP contribution in [0, 0.1) is 6.92 Å². The first kappa shape index (κ1) is 13.6. The van der Waals surface area contributed by atoms with Crippen molar-refractivity contribution >= 4 is 17.5 Å². The van der Waals surface area contributed by atoms with Gasteiger partial charge in [-0.3, -0.25) is 0 Å². The number of aryl methyl sites for hydroxylation is 1. The van der Waals surface area contributed by atoms with Crippen molar-refractivity contribution < 1.29 is 4.79 Å². The van der Waals surface area contributed by atoms with Crippen LogP contribution in [-0.2, 0) is 0 Å². The summed E-state index contributed by atoms with van der Waals surface area (Å²) in [5.41, 5.74) is 0.747. The molecule has 0 atom stereocenters. The maximum absolute atomic E-state index is 11.8. The number of fused-ring (bicyclic) bond motifs is 1. The number of hydrogen-bond donors (Lipinski definition) is 1. The van der Waals surface area contributed by atoms with E-state index in [1.807, 2.05) is 30.9 Å². The molecule has 8 nitrogen and oxygen atoms in total. The molecule has 1 aliphatic heterocycles. The average Bonchev–Trinajstić information content (AvgIpc) is 2.89. The number of nitrogens with zero attached hydrogens (tertiary/aromatic N) is 6. The number of hydrogen-bond acceptors (Lipinski definition) is 5. The first-order valence-electron chi connectivity index (χ1n) is 7.16. The van der Waals surface area contributed by atoms with Crippen LogP contribution in [0.15, 0.2) is 12.1 Å². The largest absolute Gasteiger partial charge is 0.352 e. The van der Waals surface area contributed by atoms with E-state index >= 15 is 0 Å². The quantitative estimate of drug-likeness (QED) is 0.859. The molecule has 1 N–H and O–H groups in total. The van der Waals surface area contributed by atoms with Gasteiger partial charge < -0.3 is 15.1 Å². The van der Waals surface area contributed by atoms with Crippen LogP contribution < -0.4 is 10.2 Å². The summed E-state index contributed by atoms with van der Waals surface area (Å²) in [5.74, 6) is 1.66. The fourth-order valence-corrected chi connectivity index (χ4v) is 2.46. The summed E-state index contributed by atoms with van der Waals surface area (Å²) in [5, 5.41) is 15.4. The van der Waals surface area contributed by atoms with Crippen molar-refractivity contribution in [1.82, 2.24) is 30.0 Å². The molecule has 3 rings (SSSR count). The number of rotatable bonds is 2. The second-order valence-corrected chi connectivity index (χ2v) is 5.02. The fourth-order valence-electron chi connectivity index (χ4n) is 2.46. The van der Waals surface area contributed by atoms with Crippen LogP contribution in [0.1, 0.15) is 12.7 Å². The number of piperazine rings is 1. The second-order valence-electron chi connectivity index (χ2n) is 5.02. The van der Waals surface area contributed by atoms with E-state index in [9.17, 15) is 4.79 Å². The summed E-state index contributed by atoms with van der Waals surface area (Å²) < 4.78 is 1.74. The zero-order valence-corrected chi connectivity index (χ0v) is 12.3. The lowest BCUT2D eigenvalue weighted by atomic mass is 10.3. The minimum absolute atomic E-state index is 0.00946. The number of aromatic nitrogens is 4. The van der Waals surface area contributed by atoms with Crippen LogP contribution in [0.3, 0.4) is 0 Å². The Bertz CT molecular complexity index is 645. The van der Waals surface area contributed by atoms with Crippen molar-refractivity contribution in [3.05, 3.63) is 18.0 Å². The summed E-state index contributed by atoms with van der Waals surface area (Å²) in [6, 6.07) is 3.87. The lowest BCUT2D eigenvalue weighted by Gasteiger charge is -2.35. The monoisotopic (exact) mass is 289 g/mol. The van der Waals surface area contributed by atoms with Gasteiger partial charge in [0.15, 0.2) is 11.5 Å². The molecule has 0 unspecified atom stereocenters. The van der Waals surface area contributed by atoms with E-state index < -0.39 is 0 Å². The fraction of sp³-hybridized carbons (Fsp3) is 0.538. The maximum atomic E-state index is 11.8. The predicted molar refractivity (Wildman–Crippen MR) is 78.4 cm³/mol. The van der Waals surface area contributed by atoms with Crippen LogP contribution >= 0.6 is 0 Å². The Hall–Kier alpha value is -2.38. The van der Waals surface area contributed by atoms with Crippen molar-refractivity contribution in [3.63, 3.8) is 0 Å². The third-order valence-electron chi connectivity index (χ3n) is 3.62. The molecule has 0 aliphatic carbocycles. The lowest BCUT2D eigenvalue weighted by molar-refractivity contribution is 0.195. The number of amides is 2. The van der Waals surface area contributed by atoms with Crippen molar-refractivity contribution in [2.24, 2.45) is 0 Å². The molecule has 112 valence electrons. The lowest BCUT2D eigenvalue weighted by Crippen LogP contribution is -2.52. The first-order chi connectivity index (χ1) is 10.2. The van der Waals surface area contributed by atoms with E-state index in [-0.39, 0.29) is 6.03 Å². The smallest absolute Gasteiger partial charge is 0.317 e. The van der Waals surface area contributed by atoms with Crippen LogP contribution in [-0.4, -0.2) is 63.5 Å². The van der Waals surface area contributed by atoms with Gasteiger partial charge in [0, 0.05) is 32.7 Å². The summed E-state index contributed by atoms with van der Waals surface area (Å²) in [6.07, 6.45) is 0. The number of nitrogens with one attached hydrogen (secondary N) is 1. The van der Waals surface area contributed by atoms with Crippen LogP contribution in [0.5, 0.6) is 0 Å². The Morgan fingerprint density at radius 1 is 1.24 bits per heavy atom. The summed E-state index contributed by atoms with van der Waals surface area (Å²) >= 11 is 0. The van der Waals surface area contributed by atoms with Gasteiger partial charge in [-0.15, -0.1) is 15.3 Å². The molecule has 0 spiro atoms. The van der Waals surface area contributed by atoms with Gasteiger partial charge in [-0.05, 0) is 26.0 Å². The Morgan fingerprint density at radius 3 is 2.71 bits per heavy atom. The van der Waals surface area contributed by atoms with E-state index in [2.05, 4.69) is 25.5 Å². The molecule has 1 fully saturated rings. The van der Waals surface area contributed by atoms with Crippen molar-refractivity contribution in [2.45, 2.75) is 13.8 Å². The van der Waals surface area contributed by atoms with Gasteiger partial charge in [0.1, 0.15) is 5.82 Å². The van der Waals surface area contributed by atoms with E-state index in [1.54, 1.807) is 4.52 Å². The van der Waals surface area contributed by atoms with Gasteiger partial charge in [0.2, 0.25) is 0 Å². The van der Waals surface area contributed by atoms with E-state index in [1.165, 1.54) is 0 Å². The molecule has 1 aliphatic rings. The maximum Gasteiger partial charge on any atom is 0.317 e.